The molecule has 3 heterocycles. The third-order valence-electron chi connectivity index (χ3n) is 4.03. The fourth-order valence-corrected chi connectivity index (χ4v) is 5.11. The lowest BCUT2D eigenvalue weighted by Gasteiger charge is -2.27. The number of hydrogen-bond donors (Lipinski definition) is 1. The molecule has 1 atom stereocenters. The van der Waals surface area contributed by atoms with E-state index in [1.54, 1.807) is 0 Å². The maximum atomic E-state index is 12.4. The van der Waals surface area contributed by atoms with Gasteiger partial charge in [0.05, 0.1) is 17.5 Å². The van der Waals surface area contributed by atoms with Crippen LogP contribution in [0, 0.1) is 0 Å². The number of rotatable bonds is 4. The molecule has 0 saturated carbocycles. The highest BCUT2D eigenvalue weighted by Crippen LogP contribution is 2.24. The highest BCUT2D eigenvalue weighted by Gasteiger charge is 2.37. The van der Waals surface area contributed by atoms with Gasteiger partial charge in [0, 0.05) is 18.8 Å². The van der Waals surface area contributed by atoms with Gasteiger partial charge in [-0.05, 0) is 6.42 Å². The Labute approximate surface area is 149 Å². The van der Waals surface area contributed by atoms with Crippen molar-refractivity contribution in [2.24, 2.45) is 5.10 Å². The molecule has 0 spiro atoms. The Kier molecular flexibility index (Phi) is 4.87. The molecule has 0 unspecified atom stereocenters. The zero-order valence-corrected chi connectivity index (χ0v) is 15.6. The number of hydrazone groups is 1. The van der Waals surface area contributed by atoms with E-state index in [2.05, 4.69) is 20.6 Å². The van der Waals surface area contributed by atoms with Crippen molar-refractivity contribution in [1.82, 2.24) is 15.2 Å². The number of sulfone groups is 1. The van der Waals surface area contributed by atoms with Crippen LogP contribution in [0.2, 0.25) is 0 Å². The van der Waals surface area contributed by atoms with Gasteiger partial charge in [0.15, 0.2) is 9.84 Å². The van der Waals surface area contributed by atoms with Crippen molar-refractivity contribution in [3.8, 4) is 0 Å². The Morgan fingerprint density at radius 2 is 2.08 bits per heavy atom. The van der Waals surface area contributed by atoms with Crippen molar-refractivity contribution in [3.05, 3.63) is 5.01 Å². The normalized spacial score (nSPS) is 23.0. The van der Waals surface area contributed by atoms with Crippen LogP contribution in [0.15, 0.2) is 5.10 Å². The van der Waals surface area contributed by atoms with Crippen LogP contribution in [-0.2, 0) is 19.4 Å². The van der Waals surface area contributed by atoms with E-state index >= 15 is 0 Å². The topological polar surface area (TPSA) is 122 Å². The lowest BCUT2D eigenvalue weighted by molar-refractivity contribution is -0.133. The van der Waals surface area contributed by atoms with Gasteiger partial charge in [0.1, 0.15) is 10.7 Å². The number of anilines is 1. The smallest absolute Gasteiger partial charge is 0.273 e. The molecule has 136 valence electrons. The van der Waals surface area contributed by atoms with E-state index in [0.717, 1.165) is 5.01 Å². The third kappa shape index (κ3) is 4.03. The second-order valence-corrected chi connectivity index (χ2v) is 9.63. The predicted molar refractivity (Wildman–Crippen MR) is 93.2 cm³/mol. The summed E-state index contributed by atoms with van der Waals surface area (Å²) in [7, 11) is -3.14. The fraction of sp³-hybridized carbons (Fsp3) is 0.643. The molecule has 3 rings (SSSR count). The minimum atomic E-state index is -3.14. The molecule has 1 saturated heterocycles. The van der Waals surface area contributed by atoms with Gasteiger partial charge in [-0.25, -0.2) is 13.4 Å². The summed E-state index contributed by atoms with van der Waals surface area (Å²) in [6, 6.07) is -0.491. The first-order chi connectivity index (χ1) is 11.7. The second-order valence-electron chi connectivity index (χ2n) is 6.40. The van der Waals surface area contributed by atoms with Gasteiger partial charge in [0.25, 0.3) is 5.91 Å². The summed E-state index contributed by atoms with van der Waals surface area (Å²) in [6.45, 7) is 3.97. The van der Waals surface area contributed by atoms with E-state index in [-0.39, 0.29) is 41.9 Å². The maximum absolute atomic E-state index is 12.4. The molecule has 2 aliphatic rings. The van der Waals surface area contributed by atoms with Gasteiger partial charge >= 0.3 is 0 Å². The van der Waals surface area contributed by atoms with Gasteiger partial charge < -0.3 is 0 Å². The molecule has 1 fully saturated rings. The lowest BCUT2D eigenvalue weighted by Crippen LogP contribution is -2.42. The first kappa shape index (κ1) is 17.9. The van der Waals surface area contributed by atoms with Crippen molar-refractivity contribution in [3.63, 3.8) is 0 Å². The molecule has 1 aromatic rings. The highest BCUT2D eigenvalue weighted by molar-refractivity contribution is 7.91. The van der Waals surface area contributed by atoms with Crippen molar-refractivity contribution in [1.29, 1.82) is 0 Å². The monoisotopic (exact) mass is 385 g/mol. The van der Waals surface area contributed by atoms with Gasteiger partial charge in [-0.2, -0.15) is 5.10 Å². The fourth-order valence-electron chi connectivity index (χ4n) is 2.68. The maximum Gasteiger partial charge on any atom is 0.273 e. The Morgan fingerprint density at radius 3 is 2.68 bits per heavy atom. The predicted octanol–water partition coefficient (Wildman–Crippen LogP) is 0.765. The van der Waals surface area contributed by atoms with Crippen molar-refractivity contribution < 1.29 is 18.0 Å². The molecule has 1 N–H and O–H groups in total. The summed E-state index contributed by atoms with van der Waals surface area (Å²) in [5.41, 5.74) is 0.199. The average molecular weight is 385 g/mol. The molecule has 0 radical (unpaired) electrons. The van der Waals surface area contributed by atoms with E-state index in [4.69, 9.17) is 0 Å². The van der Waals surface area contributed by atoms with Crippen LogP contribution in [0.3, 0.4) is 0 Å². The minimum Gasteiger partial charge on any atom is -0.295 e. The van der Waals surface area contributed by atoms with Gasteiger partial charge in [0.2, 0.25) is 11.0 Å². The number of carbonyl (C=O) groups excluding carboxylic acids is 2. The average Bonchev–Trinajstić information content (AvgIpc) is 3.14. The molecule has 2 amide bonds. The first-order valence-electron chi connectivity index (χ1n) is 8.00. The van der Waals surface area contributed by atoms with E-state index in [1.165, 1.54) is 16.3 Å². The van der Waals surface area contributed by atoms with Crippen LogP contribution in [-0.4, -0.2) is 58.7 Å². The van der Waals surface area contributed by atoms with E-state index < -0.39 is 21.8 Å². The molecular weight excluding hydrogens is 366 g/mol. The van der Waals surface area contributed by atoms with Crippen LogP contribution < -0.4 is 5.32 Å². The summed E-state index contributed by atoms with van der Waals surface area (Å²) >= 11 is 1.29. The lowest BCUT2D eigenvalue weighted by atomic mass is 10.1. The van der Waals surface area contributed by atoms with Gasteiger partial charge in [-0.3, -0.25) is 14.9 Å². The number of carbonyl (C=O) groups is 2. The third-order valence-corrected chi connectivity index (χ3v) is 6.92. The van der Waals surface area contributed by atoms with Crippen LogP contribution >= 0.6 is 11.3 Å². The summed E-state index contributed by atoms with van der Waals surface area (Å²) in [5, 5.41) is 17.1. The van der Waals surface area contributed by atoms with Gasteiger partial charge in [-0.15, -0.1) is 10.2 Å². The van der Waals surface area contributed by atoms with E-state index in [9.17, 15) is 18.0 Å². The summed E-state index contributed by atoms with van der Waals surface area (Å²) in [4.78, 5) is 24.5. The molecule has 9 nitrogen and oxygen atoms in total. The van der Waals surface area contributed by atoms with Crippen LogP contribution in [0.25, 0.3) is 0 Å². The van der Waals surface area contributed by atoms with Crippen LogP contribution in [0.5, 0.6) is 0 Å². The van der Waals surface area contributed by atoms with E-state index in [0.29, 0.717) is 11.6 Å². The zero-order chi connectivity index (χ0) is 18.2. The molecule has 0 aromatic carbocycles. The molecule has 11 heteroatoms. The van der Waals surface area contributed by atoms with E-state index in [1.807, 2.05) is 13.8 Å². The molecule has 0 bridgehead atoms. The number of aromatic nitrogens is 2. The molecular formula is C14H19N5O4S2. The molecule has 2 aliphatic heterocycles. The van der Waals surface area contributed by atoms with Crippen LogP contribution in [0.4, 0.5) is 5.13 Å². The Balaban J connectivity index is 1.73. The first-order valence-corrected chi connectivity index (χ1v) is 10.6. The highest BCUT2D eigenvalue weighted by atomic mass is 32.2. The van der Waals surface area contributed by atoms with Crippen LogP contribution in [0.1, 0.15) is 44.0 Å². The van der Waals surface area contributed by atoms with Gasteiger partial charge in [-0.1, -0.05) is 25.2 Å². The molecule has 0 aliphatic carbocycles. The van der Waals surface area contributed by atoms with Crippen molar-refractivity contribution in [2.75, 3.05) is 16.8 Å². The number of nitrogens with one attached hydrogen (secondary N) is 1. The molecule has 1 aromatic heterocycles. The second kappa shape index (κ2) is 6.79. The minimum absolute atomic E-state index is 0.0429. The Morgan fingerprint density at radius 1 is 1.32 bits per heavy atom. The summed E-state index contributed by atoms with van der Waals surface area (Å²) in [6.07, 6.45) is 0.702. The zero-order valence-electron chi connectivity index (χ0n) is 13.9. The standard InChI is InChI=1S/C14H19N5O4S2/c1-8(2)13-16-17-14(24-13)15-12(21)10-3-4-11(20)19(18-10)9-5-6-25(22,23)7-9/h8-9H,3-7H2,1-2H3,(H,15,17,21)/t9-/m1/s1. The summed E-state index contributed by atoms with van der Waals surface area (Å²) < 4.78 is 23.2. The van der Waals surface area contributed by atoms with Crippen molar-refractivity contribution >= 4 is 43.8 Å². The largest absolute Gasteiger partial charge is 0.295 e. The SMILES string of the molecule is CC(C)c1nnc(NC(=O)C2=NN([C@@H]3CCS(=O)(=O)C3)C(=O)CC2)s1. The number of nitrogens with zero attached hydrogens (tertiary/aromatic N) is 4. The summed E-state index contributed by atoms with van der Waals surface area (Å²) in [5.74, 6) is -0.541. The Bertz CT molecular complexity index is 830. The van der Waals surface area contributed by atoms with Crippen molar-refractivity contribution in [2.45, 2.75) is 45.1 Å². The Hall–Kier alpha value is -1.88. The quantitative estimate of drug-likeness (QED) is 0.817. The number of hydrogen-bond acceptors (Lipinski definition) is 8. The number of amides is 2. The molecule has 25 heavy (non-hydrogen) atoms.